The normalized spacial score (nSPS) is 18.8. The van der Waals surface area contributed by atoms with E-state index in [1.54, 1.807) is 23.6 Å². The van der Waals surface area contributed by atoms with Crippen molar-refractivity contribution in [1.82, 2.24) is 9.97 Å². The maximum absolute atomic E-state index is 10.8. The second-order valence-corrected chi connectivity index (χ2v) is 5.61. The van der Waals surface area contributed by atoms with Crippen LogP contribution in [-0.2, 0) is 11.2 Å². The lowest BCUT2D eigenvalue weighted by Gasteiger charge is -2.02. The number of aromatic nitrogens is 2. The number of carboxylic acids is 1. The highest BCUT2D eigenvalue weighted by atomic mass is 32.1. The molecule has 0 radical (unpaired) electrons. The Labute approximate surface area is 114 Å². The Kier molecular flexibility index (Phi) is 3.35. The largest absolute Gasteiger partial charge is 0.477 e. The minimum atomic E-state index is -0.954. The Balaban J connectivity index is 1.74. The molecule has 2 aromatic rings. The molecule has 0 amide bonds. The monoisotopic (exact) mass is 278 g/mol. The molecule has 3 rings (SSSR count). The summed E-state index contributed by atoms with van der Waals surface area (Å²) in [4.78, 5) is 18.1. The summed E-state index contributed by atoms with van der Waals surface area (Å²) in [6, 6.07) is 1.61. The van der Waals surface area contributed by atoms with Gasteiger partial charge in [-0.3, -0.25) is 0 Å². The summed E-state index contributed by atoms with van der Waals surface area (Å²) in [7, 11) is 0. The van der Waals surface area contributed by atoms with Crippen molar-refractivity contribution in [2.24, 2.45) is 5.92 Å². The molecule has 1 unspecified atom stereocenters. The van der Waals surface area contributed by atoms with Gasteiger partial charge in [-0.2, -0.15) is 0 Å². The van der Waals surface area contributed by atoms with Gasteiger partial charge in [-0.1, -0.05) is 0 Å². The van der Waals surface area contributed by atoms with Crippen LogP contribution >= 0.6 is 11.3 Å². The fourth-order valence-corrected chi connectivity index (χ4v) is 3.11. The average Bonchev–Trinajstić information content (AvgIpc) is 3.09. The van der Waals surface area contributed by atoms with Gasteiger partial charge < -0.3 is 14.8 Å². The number of carbonyl (C=O) groups is 1. The van der Waals surface area contributed by atoms with Gasteiger partial charge in [-0.25, -0.2) is 9.78 Å². The van der Waals surface area contributed by atoms with E-state index in [0.29, 0.717) is 5.92 Å². The van der Waals surface area contributed by atoms with Crippen molar-refractivity contribution in [3.8, 4) is 11.3 Å². The van der Waals surface area contributed by atoms with Gasteiger partial charge in [0, 0.05) is 36.8 Å². The van der Waals surface area contributed by atoms with Gasteiger partial charge in [0.1, 0.15) is 5.69 Å². The van der Waals surface area contributed by atoms with Crippen LogP contribution in [0, 0.1) is 5.92 Å². The third-order valence-corrected chi connectivity index (χ3v) is 4.12. The molecule has 1 aliphatic rings. The third kappa shape index (κ3) is 2.69. The maximum Gasteiger partial charge on any atom is 0.352 e. The predicted molar refractivity (Wildman–Crippen MR) is 71.5 cm³/mol. The van der Waals surface area contributed by atoms with Gasteiger partial charge >= 0.3 is 5.97 Å². The Morgan fingerprint density at radius 2 is 2.53 bits per heavy atom. The first-order valence-corrected chi connectivity index (χ1v) is 7.04. The molecule has 1 saturated heterocycles. The predicted octanol–water partition coefficient (Wildman–Crippen LogP) is 2.42. The lowest BCUT2D eigenvalue weighted by molar-refractivity contribution is 0.0691. The zero-order valence-electron chi connectivity index (χ0n) is 10.3. The minimum Gasteiger partial charge on any atom is -0.477 e. The van der Waals surface area contributed by atoms with Crippen molar-refractivity contribution in [3.63, 3.8) is 0 Å². The first-order chi connectivity index (χ1) is 9.22. The number of carboxylic acid groups (broad SMARTS) is 1. The Morgan fingerprint density at radius 3 is 3.21 bits per heavy atom. The highest BCUT2D eigenvalue weighted by Gasteiger charge is 2.18. The van der Waals surface area contributed by atoms with Crippen LogP contribution in [-0.4, -0.2) is 34.3 Å². The SMILES string of the molecule is O=C(O)c1cc(-c2csc(CC3CCOC3)n2)c[nH]1. The van der Waals surface area contributed by atoms with Crippen LogP contribution in [0.4, 0.5) is 0 Å². The summed E-state index contributed by atoms with van der Waals surface area (Å²) >= 11 is 1.62. The van der Waals surface area contributed by atoms with Crippen LogP contribution in [0.15, 0.2) is 17.6 Å². The molecule has 3 heterocycles. The lowest BCUT2D eigenvalue weighted by atomic mass is 10.1. The number of thiazole rings is 1. The quantitative estimate of drug-likeness (QED) is 0.900. The molecule has 1 atom stereocenters. The summed E-state index contributed by atoms with van der Waals surface area (Å²) in [6.45, 7) is 1.67. The third-order valence-electron chi connectivity index (χ3n) is 3.25. The molecule has 2 N–H and O–H groups in total. The molecule has 1 fully saturated rings. The van der Waals surface area contributed by atoms with Crippen molar-refractivity contribution < 1.29 is 14.6 Å². The number of H-pyrrole nitrogens is 1. The number of nitrogens with zero attached hydrogens (tertiary/aromatic N) is 1. The first kappa shape index (κ1) is 12.4. The fourth-order valence-electron chi connectivity index (χ4n) is 2.19. The molecule has 6 heteroatoms. The number of hydrogen-bond acceptors (Lipinski definition) is 4. The molecule has 5 nitrogen and oxygen atoms in total. The lowest BCUT2D eigenvalue weighted by Crippen LogP contribution is -2.02. The second-order valence-electron chi connectivity index (χ2n) is 4.67. The van der Waals surface area contributed by atoms with Crippen molar-refractivity contribution in [2.45, 2.75) is 12.8 Å². The van der Waals surface area contributed by atoms with Gasteiger partial charge in [0.25, 0.3) is 0 Å². The molecule has 0 aliphatic carbocycles. The van der Waals surface area contributed by atoms with E-state index in [1.807, 2.05) is 5.38 Å². The van der Waals surface area contributed by atoms with E-state index in [-0.39, 0.29) is 5.69 Å². The van der Waals surface area contributed by atoms with E-state index in [4.69, 9.17) is 9.84 Å². The zero-order chi connectivity index (χ0) is 13.2. The molecule has 2 aromatic heterocycles. The molecule has 19 heavy (non-hydrogen) atoms. The summed E-state index contributed by atoms with van der Waals surface area (Å²) in [5, 5.41) is 11.9. The topological polar surface area (TPSA) is 75.2 Å². The standard InChI is InChI=1S/C13H14N2O3S/c16-13(17)10-4-9(5-14-10)11-7-19-12(15-11)3-8-1-2-18-6-8/h4-5,7-8,14H,1-3,6H2,(H,16,17). The van der Waals surface area contributed by atoms with Crippen molar-refractivity contribution in [3.05, 3.63) is 28.3 Å². The van der Waals surface area contributed by atoms with Gasteiger partial charge in [0.2, 0.25) is 0 Å². The second kappa shape index (κ2) is 5.14. The summed E-state index contributed by atoms with van der Waals surface area (Å²) in [5.74, 6) is -0.385. The van der Waals surface area contributed by atoms with Crippen LogP contribution in [0.25, 0.3) is 11.3 Å². The summed E-state index contributed by atoms with van der Waals surface area (Å²) < 4.78 is 5.36. The molecule has 0 spiro atoms. The molecule has 0 aromatic carbocycles. The van der Waals surface area contributed by atoms with E-state index >= 15 is 0 Å². The Bertz CT molecular complexity index is 584. The van der Waals surface area contributed by atoms with Crippen LogP contribution < -0.4 is 0 Å². The fraction of sp³-hybridized carbons (Fsp3) is 0.385. The Morgan fingerprint density at radius 1 is 1.63 bits per heavy atom. The van der Waals surface area contributed by atoms with Crippen molar-refractivity contribution in [1.29, 1.82) is 0 Å². The van der Waals surface area contributed by atoms with E-state index < -0.39 is 5.97 Å². The van der Waals surface area contributed by atoms with Crippen LogP contribution in [0.5, 0.6) is 0 Å². The number of aromatic carboxylic acids is 1. The van der Waals surface area contributed by atoms with E-state index in [2.05, 4.69) is 9.97 Å². The number of ether oxygens (including phenoxy) is 1. The van der Waals surface area contributed by atoms with E-state index in [1.165, 1.54) is 0 Å². The molecule has 1 aliphatic heterocycles. The molecular weight excluding hydrogens is 264 g/mol. The molecular formula is C13H14N2O3S. The number of rotatable bonds is 4. The van der Waals surface area contributed by atoms with Crippen LogP contribution in [0.3, 0.4) is 0 Å². The molecule has 0 saturated carbocycles. The number of aromatic amines is 1. The maximum atomic E-state index is 10.8. The van der Waals surface area contributed by atoms with Gasteiger partial charge in [0.05, 0.1) is 10.7 Å². The van der Waals surface area contributed by atoms with Gasteiger partial charge in [-0.05, 0) is 18.4 Å². The Hall–Kier alpha value is -1.66. The zero-order valence-corrected chi connectivity index (χ0v) is 11.1. The highest BCUT2D eigenvalue weighted by molar-refractivity contribution is 7.09. The molecule has 100 valence electrons. The van der Waals surface area contributed by atoms with Crippen LogP contribution in [0.2, 0.25) is 0 Å². The highest BCUT2D eigenvalue weighted by Crippen LogP contribution is 2.26. The first-order valence-electron chi connectivity index (χ1n) is 6.16. The minimum absolute atomic E-state index is 0.189. The van der Waals surface area contributed by atoms with Gasteiger partial charge in [0.15, 0.2) is 0 Å². The molecule has 0 bridgehead atoms. The van der Waals surface area contributed by atoms with Crippen molar-refractivity contribution >= 4 is 17.3 Å². The van der Waals surface area contributed by atoms with Crippen molar-refractivity contribution in [2.75, 3.05) is 13.2 Å². The van der Waals surface area contributed by atoms with E-state index in [0.717, 1.165) is 42.3 Å². The summed E-state index contributed by atoms with van der Waals surface area (Å²) in [5.41, 5.74) is 1.85. The average molecular weight is 278 g/mol. The summed E-state index contributed by atoms with van der Waals surface area (Å²) in [6.07, 6.45) is 3.73. The number of nitrogens with one attached hydrogen (secondary N) is 1. The van der Waals surface area contributed by atoms with Crippen LogP contribution in [0.1, 0.15) is 21.9 Å². The van der Waals surface area contributed by atoms with Gasteiger partial charge in [-0.15, -0.1) is 11.3 Å². The smallest absolute Gasteiger partial charge is 0.352 e. The van der Waals surface area contributed by atoms with E-state index in [9.17, 15) is 4.79 Å². The number of hydrogen-bond donors (Lipinski definition) is 2.